The first kappa shape index (κ1) is 14.1. The molecular weight excluding hydrogens is 260 g/mol. The van der Waals surface area contributed by atoms with Crippen LogP contribution in [0.5, 0.6) is 5.75 Å². The second-order valence-corrected chi connectivity index (χ2v) is 6.15. The average molecular weight is 279 g/mol. The van der Waals surface area contributed by atoms with Gasteiger partial charge in [-0.2, -0.15) is 0 Å². The zero-order valence-electron chi connectivity index (χ0n) is 12.1. The summed E-state index contributed by atoms with van der Waals surface area (Å²) in [6.07, 6.45) is 4.19. The number of hydrogen-bond acceptors (Lipinski definition) is 2. The molecule has 1 aliphatic rings. The number of fused-ring (bicyclic) bond motifs is 1. The van der Waals surface area contributed by atoms with Crippen molar-refractivity contribution in [2.24, 2.45) is 0 Å². The molecule has 0 radical (unpaired) electrons. The summed E-state index contributed by atoms with van der Waals surface area (Å²) in [5.41, 5.74) is 4.17. The summed E-state index contributed by atoms with van der Waals surface area (Å²) in [6.45, 7) is 9.76. The first-order valence-corrected chi connectivity index (χ1v) is 6.80. The largest absolute Gasteiger partial charge is 0.486 e. The molecule has 1 aromatic carbocycles. The fourth-order valence-electron chi connectivity index (χ4n) is 2.47. The number of carbonyl (C=O) groups is 1. The first-order chi connectivity index (χ1) is 8.73. The number of benzene rings is 1. The number of allylic oxidation sites excluding steroid dienone is 1. The highest BCUT2D eigenvalue weighted by Gasteiger charge is 2.34. The topological polar surface area (TPSA) is 26.3 Å². The predicted octanol–water partition coefficient (Wildman–Crippen LogP) is 4.27. The third kappa shape index (κ3) is 2.55. The number of ketones is 1. The zero-order valence-corrected chi connectivity index (χ0v) is 12.8. The summed E-state index contributed by atoms with van der Waals surface area (Å²) in [7, 11) is 0. The fourth-order valence-corrected chi connectivity index (χ4v) is 2.83. The summed E-state index contributed by atoms with van der Waals surface area (Å²) < 4.78 is 5.96. The number of carbonyl (C=O) groups excluding carboxylic acids is 1. The van der Waals surface area contributed by atoms with Crippen LogP contribution in [0.4, 0.5) is 0 Å². The van der Waals surface area contributed by atoms with Gasteiger partial charge < -0.3 is 4.74 Å². The Morgan fingerprint density at radius 3 is 2.53 bits per heavy atom. The number of ether oxygens (including phenoxy) is 1. The average Bonchev–Trinajstić information content (AvgIpc) is 2.62. The van der Waals surface area contributed by atoms with Crippen LogP contribution in [0.3, 0.4) is 0 Å². The highest BCUT2D eigenvalue weighted by molar-refractivity contribution is 6.34. The molecule has 1 aromatic rings. The van der Waals surface area contributed by atoms with Crippen LogP contribution in [0.1, 0.15) is 43.0 Å². The van der Waals surface area contributed by atoms with Gasteiger partial charge in [0.1, 0.15) is 11.4 Å². The Balaban J connectivity index is 2.61. The molecule has 2 nitrogen and oxygen atoms in total. The normalized spacial score (nSPS) is 16.5. The van der Waals surface area contributed by atoms with Crippen LogP contribution in [0, 0.1) is 13.8 Å². The molecule has 1 aliphatic heterocycles. The Hall–Kier alpha value is -1.28. The smallest absolute Gasteiger partial charge is 0.152 e. The van der Waals surface area contributed by atoms with Gasteiger partial charge in [-0.3, -0.25) is 4.79 Å². The number of rotatable bonds is 2. The van der Waals surface area contributed by atoms with Gasteiger partial charge in [0.05, 0.1) is 5.02 Å². The van der Waals surface area contributed by atoms with Crippen LogP contribution in [0.25, 0.3) is 6.08 Å². The van der Waals surface area contributed by atoms with Crippen LogP contribution < -0.4 is 4.74 Å². The second-order valence-electron chi connectivity index (χ2n) is 5.77. The Morgan fingerprint density at radius 1 is 1.32 bits per heavy atom. The molecule has 102 valence electrons. The monoisotopic (exact) mass is 278 g/mol. The lowest BCUT2D eigenvalue weighted by Gasteiger charge is -2.17. The van der Waals surface area contributed by atoms with Crippen LogP contribution in [-0.2, 0) is 11.2 Å². The van der Waals surface area contributed by atoms with E-state index in [4.69, 9.17) is 16.3 Å². The van der Waals surface area contributed by atoms with E-state index in [0.29, 0.717) is 5.02 Å². The minimum atomic E-state index is -0.216. The third-order valence-electron chi connectivity index (χ3n) is 3.59. The van der Waals surface area contributed by atoms with Crippen LogP contribution >= 0.6 is 11.6 Å². The van der Waals surface area contributed by atoms with Crippen LogP contribution in [0.2, 0.25) is 5.02 Å². The maximum absolute atomic E-state index is 11.1. The lowest BCUT2D eigenvalue weighted by Crippen LogP contribution is -2.24. The highest BCUT2D eigenvalue weighted by atomic mass is 35.5. The van der Waals surface area contributed by atoms with Gasteiger partial charge in [-0.1, -0.05) is 11.6 Å². The molecule has 0 saturated carbocycles. The molecule has 0 bridgehead atoms. The number of halogens is 1. The molecular formula is C16H19ClO2. The van der Waals surface area contributed by atoms with E-state index in [1.165, 1.54) is 18.1 Å². The van der Waals surface area contributed by atoms with E-state index in [1.54, 1.807) is 12.2 Å². The van der Waals surface area contributed by atoms with Crippen molar-refractivity contribution < 1.29 is 9.53 Å². The van der Waals surface area contributed by atoms with Gasteiger partial charge in [0.2, 0.25) is 0 Å². The van der Waals surface area contributed by atoms with Crippen molar-refractivity contribution in [2.75, 3.05) is 0 Å². The molecule has 0 atom stereocenters. The SMILES string of the molecule is CC(=O)/C=C/c1c(C)c(C)c2c(c1Cl)OC(C)(C)C2. The Bertz CT molecular complexity index is 583. The molecule has 0 N–H and O–H groups in total. The van der Waals surface area contributed by atoms with Crippen molar-refractivity contribution in [3.63, 3.8) is 0 Å². The molecule has 1 heterocycles. The van der Waals surface area contributed by atoms with Crippen molar-refractivity contribution in [3.8, 4) is 5.75 Å². The maximum Gasteiger partial charge on any atom is 0.152 e. The molecule has 0 saturated heterocycles. The van der Waals surface area contributed by atoms with Crippen molar-refractivity contribution in [3.05, 3.63) is 33.4 Å². The van der Waals surface area contributed by atoms with Crippen LogP contribution in [-0.4, -0.2) is 11.4 Å². The van der Waals surface area contributed by atoms with E-state index < -0.39 is 0 Å². The molecule has 3 heteroatoms. The molecule has 0 spiro atoms. The lowest BCUT2D eigenvalue weighted by molar-refractivity contribution is -0.112. The molecule has 0 aromatic heterocycles. The van der Waals surface area contributed by atoms with Gasteiger partial charge in [-0.05, 0) is 57.9 Å². The van der Waals surface area contributed by atoms with Crippen molar-refractivity contribution in [1.82, 2.24) is 0 Å². The van der Waals surface area contributed by atoms with E-state index in [0.717, 1.165) is 23.3 Å². The minimum absolute atomic E-state index is 0.00914. The van der Waals surface area contributed by atoms with Crippen molar-refractivity contribution >= 4 is 23.5 Å². The highest BCUT2D eigenvalue weighted by Crippen LogP contribution is 2.45. The van der Waals surface area contributed by atoms with Gasteiger partial charge in [-0.25, -0.2) is 0 Å². The minimum Gasteiger partial charge on any atom is -0.486 e. The predicted molar refractivity (Wildman–Crippen MR) is 79.1 cm³/mol. The zero-order chi connectivity index (χ0) is 14.4. The quantitative estimate of drug-likeness (QED) is 0.755. The van der Waals surface area contributed by atoms with E-state index in [9.17, 15) is 4.79 Å². The number of hydrogen-bond donors (Lipinski definition) is 0. The molecule has 0 aliphatic carbocycles. The lowest BCUT2D eigenvalue weighted by atomic mass is 9.92. The molecule has 0 fully saturated rings. The Labute approximate surface area is 119 Å². The second kappa shape index (κ2) is 4.68. The molecule has 0 amide bonds. The Kier molecular flexibility index (Phi) is 3.48. The van der Waals surface area contributed by atoms with Gasteiger partial charge in [0.25, 0.3) is 0 Å². The summed E-state index contributed by atoms with van der Waals surface area (Å²) in [5, 5.41) is 0.612. The van der Waals surface area contributed by atoms with E-state index in [2.05, 4.69) is 20.8 Å². The molecule has 2 rings (SSSR count). The molecule has 0 unspecified atom stereocenters. The van der Waals surface area contributed by atoms with Crippen molar-refractivity contribution in [1.29, 1.82) is 0 Å². The van der Waals surface area contributed by atoms with Gasteiger partial charge in [0.15, 0.2) is 5.78 Å². The van der Waals surface area contributed by atoms with Gasteiger partial charge in [-0.15, -0.1) is 0 Å². The summed E-state index contributed by atoms with van der Waals surface area (Å²) in [4.78, 5) is 11.1. The fraction of sp³-hybridized carbons (Fsp3) is 0.438. The maximum atomic E-state index is 11.1. The Morgan fingerprint density at radius 2 is 1.95 bits per heavy atom. The summed E-state index contributed by atoms with van der Waals surface area (Å²) in [6, 6.07) is 0. The molecule has 19 heavy (non-hydrogen) atoms. The summed E-state index contributed by atoms with van der Waals surface area (Å²) >= 11 is 6.45. The van der Waals surface area contributed by atoms with Crippen molar-refractivity contribution in [2.45, 2.75) is 46.6 Å². The van der Waals surface area contributed by atoms with E-state index >= 15 is 0 Å². The standard InChI is InChI=1S/C16H19ClO2/c1-9(18)6-7-12-10(2)11(3)13-8-16(4,5)19-15(13)14(12)17/h6-7H,8H2,1-5H3/b7-6+. The van der Waals surface area contributed by atoms with E-state index in [-0.39, 0.29) is 11.4 Å². The van der Waals surface area contributed by atoms with E-state index in [1.807, 2.05) is 6.92 Å². The first-order valence-electron chi connectivity index (χ1n) is 6.42. The van der Waals surface area contributed by atoms with Gasteiger partial charge in [0, 0.05) is 17.5 Å². The summed E-state index contributed by atoms with van der Waals surface area (Å²) in [5.74, 6) is 0.785. The van der Waals surface area contributed by atoms with Gasteiger partial charge >= 0.3 is 0 Å². The third-order valence-corrected chi connectivity index (χ3v) is 3.97. The van der Waals surface area contributed by atoms with Crippen LogP contribution in [0.15, 0.2) is 6.08 Å².